The first-order valence-electron chi connectivity index (χ1n) is 2.66. The maximum absolute atomic E-state index is 11.7. The van der Waals surface area contributed by atoms with E-state index in [2.05, 4.69) is 26.0 Å². The molecule has 0 aromatic carbocycles. The number of anilines is 1. The molecule has 2 N–H and O–H groups in total. The van der Waals surface area contributed by atoms with Crippen molar-refractivity contribution in [3.05, 3.63) is 4.73 Å². The summed E-state index contributed by atoms with van der Waals surface area (Å²) >= 11 is 3.06. The van der Waals surface area contributed by atoms with E-state index >= 15 is 0 Å². The second-order valence-corrected chi connectivity index (χ2v) is 2.36. The SMILES string of the molecule is Nc1nc(Br)n(CCF)n1. The van der Waals surface area contributed by atoms with Gasteiger partial charge >= 0.3 is 0 Å². The third kappa shape index (κ3) is 1.44. The first kappa shape index (κ1) is 7.46. The minimum atomic E-state index is -0.471. The number of nitrogens with zero attached hydrogens (tertiary/aromatic N) is 3. The van der Waals surface area contributed by atoms with Crippen LogP contribution in [0.4, 0.5) is 10.3 Å². The summed E-state index contributed by atoms with van der Waals surface area (Å²) in [5.41, 5.74) is 5.21. The molecule has 0 radical (unpaired) electrons. The van der Waals surface area contributed by atoms with E-state index in [0.29, 0.717) is 4.73 Å². The van der Waals surface area contributed by atoms with E-state index in [1.165, 1.54) is 4.68 Å². The Hall–Kier alpha value is -0.650. The molecule has 0 atom stereocenters. The van der Waals surface area contributed by atoms with Crippen LogP contribution in [-0.4, -0.2) is 21.4 Å². The van der Waals surface area contributed by atoms with Gasteiger partial charge in [-0.1, -0.05) is 0 Å². The molecule has 0 aliphatic heterocycles. The summed E-state index contributed by atoms with van der Waals surface area (Å²) in [5.74, 6) is 0.153. The van der Waals surface area contributed by atoms with E-state index in [-0.39, 0.29) is 12.5 Å². The Bertz CT molecular complexity index is 223. The molecule has 56 valence electrons. The van der Waals surface area contributed by atoms with Gasteiger partial charge in [-0.15, -0.1) is 5.10 Å². The van der Waals surface area contributed by atoms with Crippen LogP contribution in [0.15, 0.2) is 4.73 Å². The second-order valence-electron chi connectivity index (χ2n) is 1.65. The Morgan fingerprint density at radius 3 is 2.80 bits per heavy atom. The highest BCUT2D eigenvalue weighted by atomic mass is 79.9. The van der Waals surface area contributed by atoms with Crippen LogP contribution in [0, 0.1) is 0 Å². The van der Waals surface area contributed by atoms with Gasteiger partial charge in [0.05, 0.1) is 6.54 Å². The minimum Gasteiger partial charge on any atom is -0.366 e. The lowest BCUT2D eigenvalue weighted by Crippen LogP contribution is -2.02. The summed E-state index contributed by atoms with van der Waals surface area (Å²) in [6, 6.07) is 0. The fourth-order valence-corrected chi connectivity index (χ4v) is 1.00. The largest absolute Gasteiger partial charge is 0.366 e. The first-order chi connectivity index (χ1) is 4.74. The first-order valence-corrected chi connectivity index (χ1v) is 3.45. The Balaban J connectivity index is 2.81. The van der Waals surface area contributed by atoms with Crippen LogP contribution in [0.1, 0.15) is 0 Å². The predicted molar refractivity (Wildman–Crippen MR) is 38.1 cm³/mol. The molecule has 0 spiro atoms. The molecule has 4 nitrogen and oxygen atoms in total. The summed E-state index contributed by atoms with van der Waals surface area (Å²) in [7, 11) is 0. The van der Waals surface area contributed by atoms with E-state index in [1.807, 2.05) is 0 Å². The van der Waals surface area contributed by atoms with Crippen LogP contribution in [-0.2, 0) is 6.54 Å². The Morgan fingerprint density at radius 2 is 2.40 bits per heavy atom. The molecule has 1 heterocycles. The van der Waals surface area contributed by atoms with Crippen LogP contribution >= 0.6 is 15.9 Å². The number of halogens is 2. The molecule has 0 aliphatic rings. The zero-order valence-corrected chi connectivity index (χ0v) is 6.68. The average molecular weight is 209 g/mol. The number of hydrogen-bond donors (Lipinski definition) is 1. The fraction of sp³-hybridized carbons (Fsp3) is 0.500. The molecule has 1 aromatic rings. The normalized spacial score (nSPS) is 10.2. The van der Waals surface area contributed by atoms with E-state index in [1.54, 1.807) is 0 Å². The quantitative estimate of drug-likeness (QED) is 0.775. The highest BCUT2D eigenvalue weighted by molar-refractivity contribution is 9.10. The summed E-state index contributed by atoms with van der Waals surface area (Å²) in [4.78, 5) is 3.71. The number of aromatic nitrogens is 3. The van der Waals surface area contributed by atoms with Gasteiger partial charge in [-0.05, 0) is 15.9 Å². The molecule has 0 saturated heterocycles. The fourth-order valence-electron chi connectivity index (χ4n) is 0.562. The molecule has 0 saturated carbocycles. The monoisotopic (exact) mass is 208 g/mol. The van der Waals surface area contributed by atoms with Crippen LogP contribution in [0.5, 0.6) is 0 Å². The van der Waals surface area contributed by atoms with Crippen LogP contribution in [0.25, 0.3) is 0 Å². The topological polar surface area (TPSA) is 56.7 Å². The molecule has 10 heavy (non-hydrogen) atoms. The molecular weight excluding hydrogens is 203 g/mol. The Kier molecular flexibility index (Phi) is 2.21. The number of nitrogens with two attached hydrogens (primary N) is 1. The molecule has 0 aliphatic carbocycles. The Morgan fingerprint density at radius 1 is 1.70 bits per heavy atom. The van der Waals surface area contributed by atoms with Crippen molar-refractivity contribution < 1.29 is 4.39 Å². The minimum absolute atomic E-state index is 0.153. The number of alkyl halides is 1. The van der Waals surface area contributed by atoms with Crippen molar-refractivity contribution in [2.24, 2.45) is 0 Å². The van der Waals surface area contributed by atoms with Crippen molar-refractivity contribution in [3.8, 4) is 0 Å². The molecule has 0 unspecified atom stereocenters. The molecule has 0 bridgehead atoms. The van der Waals surface area contributed by atoms with Crippen molar-refractivity contribution >= 4 is 21.9 Å². The van der Waals surface area contributed by atoms with Crippen LogP contribution in [0.3, 0.4) is 0 Å². The van der Waals surface area contributed by atoms with Crippen LogP contribution < -0.4 is 5.73 Å². The lowest BCUT2D eigenvalue weighted by molar-refractivity contribution is 0.423. The molecule has 0 fully saturated rings. The standard InChI is InChI=1S/C4H6BrFN4/c5-3-8-4(7)9-10(3)2-1-6/h1-2H2,(H2,7,9). The van der Waals surface area contributed by atoms with Gasteiger partial charge in [0, 0.05) is 0 Å². The van der Waals surface area contributed by atoms with Crippen molar-refractivity contribution in [1.82, 2.24) is 14.8 Å². The molecular formula is C4H6BrFN4. The zero-order valence-electron chi connectivity index (χ0n) is 5.09. The summed E-state index contributed by atoms with van der Waals surface area (Å²) in [6.07, 6.45) is 0. The third-order valence-corrected chi connectivity index (χ3v) is 1.53. The average Bonchev–Trinajstić information content (AvgIpc) is 2.13. The van der Waals surface area contributed by atoms with Gasteiger partial charge in [0.15, 0.2) is 4.73 Å². The number of hydrogen-bond acceptors (Lipinski definition) is 3. The van der Waals surface area contributed by atoms with Crippen molar-refractivity contribution in [3.63, 3.8) is 0 Å². The van der Waals surface area contributed by atoms with Gasteiger partial charge in [0.1, 0.15) is 6.67 Å². The molecule has 1 rings (SSSR count). The van der Waals surface area contributed by atoms with Gasteiger partial charge in [-0.25, -0.2) is 9.07 Å². The van der Waals surface area contributed by atoms with Gasteiger partial charge in [0.2, 0.25) is 5.95 Å². The van der Waals surface area contributed by atoms with E-state index < -0.39 is 6.67 Å². The maximum Gasteiger partial charge on any atom is 0.240 e. The maximum atomic E-state index is 11.7. The van der Waals surface area contributed by atoms with Crippen molar-refractivity contribution in [2.45, 2.75) is 6.54 Å². The van der Waals surface area contributed by atoms with Crippen molar-refractivity contribution in [2.75, 3.05) is 12.4 Å². The molecule has 0 amide bonds. The van der Waals surface area contributed by atoms with Crippen LogP contribution in [0.2, 0.25) is 0 Å². The lowest BCUT2D eigenvalue weighted by Gasteiger charge is -1.93. The lowest BCUT2D eigenvalue weighted by atomic mass is 10.7. The number of aryl methyl sites for hydroxylation is 1. The second kappa shape index (κ2) is 2.96. The van der Waals surface area contributed by atoms with E-state index in [4.69, 9.17) is 5.73 Å². The number of nitrogen functional groups attached to an aromatic ring is 1. The zero-order chi connectivity index (χ0) is 7.56. The van der Waals surface area contributed by atoms with Crippen molar-refractivity contribution in [1.29, 1.82) is 0 Å². The smallest absolute Gasteiger partial charge is 0.240 e. The summed E-state index contributed by atoms with van der Waals surface area (Å²) in [6.45, 7) is -0.286. The molecule has 6 heteroatoms. The predicted octanol–water partition coefficient (Wildman–Crippen LogP) is 0.592. The third-order valence-electron chi connectivity index (χ3n) is 0.939. The summed E-state index contributed by atoms with van der Waals surface area (Å²) in [5, 5.41) is 3.70. The Labute approximate surface area is 65.4 Å². The highest BCUT2D eigenvalue weighted by Crippen LogP contribution is 2.06. The van der Waals surface area contributed by atoms with E-state index in [9.17, 15) is 4.39 Å². The van der Waals surface area contributed by atoms with Gasteiger partial charge < -0.3 is 5.73 Å². The highest BCUT2D eigenvalue weighted by Gasteiger charge is 2.02. The van der Waals surface area contributed by atoms with Gasteiger partial charge in [-0.2, -0.15) is 4.98 Å². The van der Waals surface area contributed by atoms with Gasteiger partial charge in [-0.3, -0.25) is 0 Å². The molecule has 1 aromatic heterocycles. The van der Waals surface area contributed by atoms with Gasteiger partial charge in [0.25, 0.3) is 0 Å². The van der Waals surface area contributed by atoms with E-state index in [0.717, 1.165) is 0 Å². The number of rotatable bonds is 2. The summed E-state index contributed by atoms with van der Waals surface area (Å²) < 4.78 is 13.5.